The molecule has 274 valence electrons. The van der Waals surface area contributed by atoms with E-state index in [0.29, 0.717) is 49.3 Å². The summed E-state index contributed by atoms with van der Waals surface area (Å²) in [5.74, 6) is -0.503. The minimum Gasteiger partial charge on any atom is -0.497 e. The molecule has 0 radical (unpaired) electrons. The number of carbonyl (C=O) groups is 4. The van der Waals surface area contributed by atoms with Gasteiger partial charge in [-0.05, 0) is 91.6 Å². The van der Waals surface area contributed by atoms with Gasteiger partial charge in [0, 0.05) is 43.9 Å². The lowest BCUT2D eigenvalue weighted by Crippen LogP contribution is -2.55. The predicted molar refractivity (Wildman–Crippen MR) is 195 cm³/mol. The molecular weight excluding hydrogens is 650 g/mol. The topological polar surface area (TPSA) is 148 Å². The molecule has 0 saturated carbocycles. The number of carbonyl (C=O) groups excluding carboxylic acids is 4. The van der Waals surface area contributed by atoms with Crippen molar-refractivity contribution < 1.29 is 28.7 Å². The van der Waals surface area contributed by atoms with Crippen LogP contribution in [0.2, 0.25) is 0 Å². The van der Waals surface area contributed by atoms with Crippen LogP contribution in [0.15, 0.2) is 53.3 Å². The number of aryl methyl sites for hydroxylation is 2. The number of benzene rings is 2. The molecule has 0 fully saturated rings. The van der Waals surface area contributed by atoms with Crippen LogP contribution in [0, 0.1) is 12.8 Å². The van der Waals surface area contributed by atoms with E-state index in [1.165, 1.54) is 9.47 Å². The molecule has 1 aromatic heterocycles. The Hall–Kier alpha value is -5.13. The van der Waals surface area contributed by atoms with Gasteiger partial charge in [-0.1, -0.05) is 32.9 Å². The zero-order valence-corrected chi connectivity index (χ0v) is 30.8. The van der Waals surface area contributed by atoms with Crippen molar-refractivity contribution >= 4 is 23.6 Å². The van der Waals surface area contributed by atoms with E-state index < -0.39 is 41.3 Å². The number of fused-ring (bicyclic) bond motifs is 2. The van der Waals surface area contributed by atoms with Gasteiger partial charge in [0.15, 0.2) is 0 Å². The number of nitrogens with zero attached hydrogens (tertiary/aromatic N) is 2. The van der Waals surface area contributed by atoms with Crippen molar-refractivity contribution in [1.29, 1.82) is 0 Å². The summed E-state index contributed by atoms with van der Waals surface area (Å²) in [7, 11) is 4.76. The Kier molecular flexibility index (Phi) is 13.4. The molecule has 2 aromatic carbocycles. The molecule has 3 N–H and O–H groups in total. The average Bonchev–Trinajstić information content (AvgIpc) is 3.10. The number of amides is 4. The molecule has 0 unspecified atom stereocenters. The highest BCUT2D eigenvalue weighted by Crippen LogP contribution is 2.22. The van der Waals surface area contributed by atoms with Crippen molar-refractivity contribution in [2.75, 3.05) is 33.9 Å². The lowest BCUT2D eigenvalue weighted by molar-refractivity contribution is -0.123. The second kappa shape index (κ2) is 17.7. The van der Waals surface area contributed by atoms with E-state index in [1.807, 2.05) is 39.8 Å². The van der Waals surface area contributed by atoms with Gasteiger partial charge in [0.2, 0.25) is 11.8 Å². The number of rotatable bonds is 8. The van der Waals surface area contributed by atoms with Gasteiger partial charge in [-0.2, -0.15) is 0 Å². The number of aromatic nitrogens is 1. The molecule has 0 saturated heterocycles. The number of hydrogen-bond acceptors (Lipinski definition) is 7. The number of pyridine rings is 1. The fourth-order valence-corrected chi connectivity index (χ4v) is 6.60. The zero-order chi connectivity index (χ0) is 37.2. The summed E-state index contributed by atoms with van der Waals surface area (Å²) in [5.41, 5.74) is 3.05. The lowest BCUT2D eigenvalue weighted by Gasteiger charge is -2.30. The van der Waals surface area contributed by atoms with E-state index in [-0.39, 0.29) is 31.0 Å². The zero-order valence-electron chi connectivity index (χ0n) is 30.8. The molecule has 0 spiro atoms. The molecule has 1 aliphatic heterocycles. The van der Waals surface area contributed by atoms with Crippen LogP contribution in [0.1, 0.15) is 76.7 Å². The SMILES string of the molecule is CCc1c(C)cc(C(=O)N2CC(=O)NCCCc3cc(ccc3OC)C(=O)N[C@@H](Cc3ccc(OC)cc3)C(=O)N[C@@H](CC(C)C)C2)c(=O)n1C. The Morgan fingerprint density at radius 1 is 0.980 bits per heavy atom. The van der Waals surface area contributed by atoms with E-state index in [4.69, 9.17) is 9.47 Å². The molecule has 1 aliphatic rings. The van der Waals surface area contributed by atoms with E-state index in [2.05, 4.69) is 16.0 Å². The first-order valence-electron chi connectivity index (χ1n) is 17.5. The summed E-state index contributed by atoms with van der Waals surface area (Å²) >= 11 is 0. The third kappa shape index (κ3) is 9.99. The summed E-state index contributed by atoms with van der Waals surface area (Å²) in [5, 5.41) is 8.92. The second-order valence-corrected chi connectivity index (χ2v) is 13.5. The molecule has 3 aromatic rings. The van der Waals surface area contributed by atoms with Crippen LogP contribution in [0.3, 0.4) is 0 Å². The Bertz CT molecular complexity index is 1780. The van der Waals surface area contributed by atoms with E-state index >= 15 is 0 Å². The Morgan fingerprint density at radius 2 is 1.71 bits per heavy atom. The molecule has 12 heteroatoms. The highest BCUT2D eigenvalue weighted by atomic mass is 16.5. The van der Waals surface area contributed by atoms with Gasteiger partial charge in [-0.3, -0.25) is 24.0 Å². The molecule has 2 atom stereocenters. The molecular formula is C39H51N5O7. The minimum absolute atomic E-state index is 0.0327. The first-order chi connectivity index (χ1) is 24.3. The number of nitrogens with one attached hydrogen (secondary N) is 3. The summed E-state index contributed by atoms with van der Waals surface area (Å²) in [6.07, 6.45) is 2.30. The smallest absolute Gasteiger partial charge is 0.263 e. The minimum atomic E-state index is -0.981. The molecule has 12 nitrogen and oxygen atoms in total. The van der Waals surface area contributed by atoms with Gasteiger partial charge in [0.25, 0.3) is 17.4 Å². The van der Waals surface area contributed by atoms with Crippen LogP contribution in [0.25, 0.3) is 0 Å². The van der Waals surface area contributed by atoms with Gasteiger partial charge < -0.3 is 34.9 Å². The van der Waals surface area contributed by atoms with Gasteiger partial charge >= 0.3 is 0 Å². The van der Waals surface area contributed by atoms with Crippen LogP contribution >= 0.6 is 0 Å². The van der Waals surface area contributed by atoms with Gasteiger partial charge in [0.1, 0.15) is 23.1 Å². The van der Waals surface area contributed by atoms with Gasteiger partial charge in [0.05, 0.1) is 20.8 Å². The predicted octanol–water partition coefficient (Wildman–Crippen LogP) is 3.35. The Labute approximate surface area is 299 Å². The van der Waals surface area contributed by atoms with Crippen molar-refractivity contribution in [3.8, 4) is 11.5 Å². The van der Waals surface area contributed by atoms with Crippen molar-refractivity contribution in [3.05, 3.63) is 92.4 Å². The fraction of sp³-hybridized carbons (Fsp3) is 0.462. The first-order valence-corrected chi connectivity index (χ1v) is 17.5. The van der Waals surface area contributed by atoms with Crippen LogP contribution in [-0.2, 0) is 35.9 Å². The number of ether oxygens (including phenoxy) is 2. The standard InChI is InChI=1S/C39H51N5O7/c1-8-33-25(4)19-31(38(48)43(33)5)39(49)44-22-29(18-24(2)3)41-37(47)32(20-26-11-14-30(50-6)15-12-26)42-36(46)28-13-16-34(51-7)27(21-28)10-9-17-40-35(45)23-44/h11-16,19,21,24,29,32H,8-10,17-18,20,22-23H2,1-7H3,(H,40,45)(H,41,47)(H,42,46)/t29-,32-/m0/s1. The molecule has 2 heterocycles. The quantitative estimate of drug-likeness (QED) is 0.327. The fourth-order valence-electron chi connectivity index (χ4n) is 6.60. The average molecular weight is 702 g/mol. The van der Waals surface area contributed by atoms with Crippen LogP contribution in [-0.4, -0.2) is 79.0 Å². The molecule has 0 aliphatic carbocycles. The summed E-state index contributed by atoms with van der Waals surface area (Å²) < 4.78 is 12.3. The van der Waals surface area contributed by atoms with Gasteiger partial charge in [-0.15, -0.1) is 0 Å². The normalized spacial score (nSPS) is 17.6. The van der Waals surface area contributed by atoms with Crippen molar-refractivity contribution in [2.45, 2.75) is 71.9 Å². The first kappa shape index (κ1) is 38.7. The van der Waals surface area contributed by atoms with E-state index in [1.54, 1.807) is 57.7 Å². The maximum absolute atomic E-state index is 14.2. The van der Waals surface area contributed by atoms with Crippen LogP contribution in [0.4, 0.5) is 0 Å². The van der Waals surface area contributed by atoms with Gasteiger partial charge in [-0.25, -0.2) is 0 Å². The maximum atomic E-state index is 14.2. The number of methoxy groups -OCH3 is 2. The molecule has 51 heavy (non-hydrogen) atoms. The van der Waals surface area contributed by atoms with Crippen LogP contribution in [0.5, 0.6) is 11.5 Å². The highest BCUT2D eigenvalue weighted by Gasteiger charge is 2.30. The maximum Gasteiger partial charge on any atom is 0.263 e. The summed E-state index contributed by atoms with van der Waals surface area (Å²) in [6.45, 7) is 7.74. The van der Waals surface area contributed by atoms with E-state index in [9.17, 15) is 24.0 Å². The highest BCUT2D eigenvalue weighted by molar-refractivity contribution is 5.98. The monoisotopic (exact) mass is 701 g/mol. The summed E-state index contributed by atoms with van der Waals surface area (Å²) in [4.78, 5) is 70.2. The summed E-state index contributed by atoms with van der Waals surface area (Å²) in [6, 6.07) is 12.4. The number of hydrogen-bond donors (Lipinski definition) is 3. The van der Waals surface area contributed by atoms with Crippen molar-refractivity contribution in [3.63, 3.8) is 0 Å². The Morgan fingerprint density at radius 3 is 2.35 bits per heavy atom. The Balaban J connectivity index is 1.75. The molecule has 4 rings (SSSR count). The van der Waals surface area contributed by atoms with Crippen LogP contribution < -0.4 is 31.0 Å². The third-order valence-corrected chi connectivity index (χ3v) is 9.19. The largest absolute Gasteiger partial charge is 0.497 e. The van der Waals surface area contributed by atoms with Crippen molar-refractivity contribution in [2.24, 2.45) is 13.0 Å². The second-order valence-electron chi connectivity index (χ2n) is 13.5. The van der Waals surface area contributed by atoms with E-state index in [0.717, 1.165) is 22.4 Å². The lowest BCUT2D eigenvalue weighted by atomic mass is 10.00. The molecule has 4 amide bonds. The third-order valence-electron chi connectivity index (χ3n) is 9.19. The van der Waals surface area contributed by atoms with Crippen molar-refractivity contribution in [1.82, 2.24) is 25.4 Å². The molecule has 2 bridgehead atoms.